The van der Waals surface area contributed by atoms with Gasteiger partial charge in [0.1, 0.15) is 0 Å². The summed E-state index contributed by atoms with van der Waals surface area (Å²) in [7, 11) is 0. The predicted octanol–water partition coefficient (Wildman–Crippen LogP) is 6.73. The van der Waals surface area contributed by atoms with E-state index in [9.17, 15) is 13.2 Å². The minimum absolute atomic E-state index is 0.157. The molecule has 0 saturated heterocycles. The summed E-state index contributed by atoms with van der Waals surface area (Å²) in [6.45, 7) is 0. The number of hydrazone groups is 1. The first kappa shape index (κ1) is 19.0. The van der Waals surface area contributed by atoms with E-state index in [1.165, 1.54) is 6.07 Å². The summed E-state index contributed by atoms with van der Waals surface area (Å²) in [6.07, 6.45) is 0.122. The number of halogens is 3. The SMILES string of the molecule is FC(F)(F)c1cccc(N2N=C(/C=C/c3ccccc3)C[C@H]2c2ccccc2)c1. The van der Waals surface area contributed by atoms with Gasteiger partial charge in [0.2, 0.25) is 0 Å². The van der Waals surface area contributed by atoms with Gasteiger partial charge >= 0.3 is 6.18 Å². The zero-order valence-corrected chi connectivity index (χ0v) is 15.6. The fraction of sp³-hybridized carbons (Fsp3) is 0.125. The van der Waals surface area contributed by atoms with Crippen LogP contribution in [-0.2, 0) is 6.18 Å². The summed E-state index contributed by atoms with van der Waals surface area (Å²) in [5.41, 5.74) is 2.63. The summed E-state index contributed by atoms with van der Waals surface area (Å²) in [5.74, 6) is 0. The molecule has 1 atom stereocenters. The van der Waals surface area contributed by atoms with E-state index in [0.29, 0.717) is 12.1 Å². The summed E-state index contributed by atoms with van der Waals surface area (Å²) in [5, 5.41) is 6.34. The quantitative estimate of drug-likeness (QED) is 0.481. The molecule has 0 spiro atoms. The van der Waals surface area contributed by atoms with Crippen molar-refractivity contribution in [1.29, 1.82) is 0 Å². The normalized spacial score (nSPS) is 17.0. The van der Waals surface area contributed by atoms with E-state index in [1.54, 1.807) is 11.1 Å². The van der Waals surface area contributed by atoms with Gasteiger partial charge in [-0.25, -0.2) is 0 Å². The van der Waals surface area contributed by atoms with E-state index in [0.717, 1.165) is 29.0 Å². The first-order valence-corrected chi connectivity index (χ1v) is 9.33. The highest BCUT2D eigenvalue weighted by Gasteiger charge is 2.33. The molecule has 146 valence electrons. The minimum atomic E-state index is -4.39. The molecule has 3 aromatic carbocycles. The summed E-state index contributed by atoms with van der Waals surface area (Å²) in [6, 6.07) is 24.7. The number of anilines is 1. The lowest BCUT2D eigenvalue weighted by atomic mass is 10.0. The Morgan fingerprint density at radius 3 is 2.21 bits per heavy atom. The molecular formula is C24H19F3N2. The highest BCUT2D eigenvalue weighted by molar-refractivity contribution is 6.01. The summed E-state index contributed by atoms with van der Waals surface area (Å²) in [4.78, 5) is 0. The Bertz CT molecular complexity index is 1020. The van der Waals surface area contributed by atoms with Crippen LogP contribution in [0.3, 0.4) is 0 Å². The largest absolute Gasteiger partial charge is 0.416 e. The van der Waals surface area contributed by atoms with Crippen molar-refractivity contribution >= 4 is 17.5 Å². The second-order valence-corrected chi connectivity index (χ2v) is 6.86. The summed E-state index contributed by atoms with van der Waals surface area (Å²) < 4.78 is 39.6. The Morgan fingerprint density at radius 1 is 0.828 bits per heavy atom. The highest BCUT2D eigenvalue weighted by Crippen LogP contribution is 2.38. The molecule has 1 heterocycles. The number of benzene rings is 3. The molecule has 1 aliphatic rings. The van der Waals surface area contributed by atoms with Gasteiger partial charge < -0.3 is 0 Å². The molecule has 3 aromatic rings. The zero-order valence-electron chi connectivity index (χ0n) is 15.6. The van der Waals surface area contributed by atoms with Gasteiger partial charge in [-0.1, -0.05) is 72.8 Å². The molecule has 4 rings (SSSR count). The van der Waals surface area contributed by atoms with Crippen LogP contribution in [-0.4, -0.2) is 5.71 Å². The number of rotatable bonds is 4. The first-order chi connectivity index (χ1) is 14.0. The standard InChI is InChI=1S/C24H19F3N2/c25-24(26,27)20-12-7-13-22(16-20)29-23(19-10-5-2-6-11-19)17-21(28-29)15-14-18-8-3-1-4-9-18/h1-16,23H,17H2/b15-14+/t23-/m0/s1. The molecule has 5 heteroatoms. The third-order valence-electron chi connectivity index (χ3n) is 4.82. The fourth-order valence-corrected chi connectivity index (χ4v) is 3.39. The molecule has 0 N–H and O–H groups in total. The lowest BCUT2D eigenvalue weighted by Gasteiger charge is -2.24. The number of nitrogens with zero attached hydrogens (tertiary/aromatic N) is 2. The lowest BCUT2D eigenvalue weighted by Crippen LogP contribution is -2.19. The van der Waals surface area contributed by atoms with Gasteiger partial charge in [0.05, 0.1) is 23.0 Å². The number of hydrogen-bond donors (Lipinski definition) is 0. The third kappa shape index (κ3) is 4.40. The zero-order chi connectivity index (χ0) is 20.3. The van der Waals surface area contributed by atoms with Gasteiger partial charge in [0, 0.05) is 6.42 Å². The molecule has 0 aromatic heterocycles. The average molecular weight is 392 g/mol. The van der Waals surface area contributed by atoms with Crippen LogP contribution in [0.5, 0.6) is 0 Å². The average Bonchev–Trinajstić information content (AvgIpc) is 3.18. The van der Waals surface area contributed by atoms with Crippen molar-refractivity contribution in [3.05, 3.63) is 108 Å². The Hall–Kier alpha value is -3.34. The fourth-order valence-electron chi connectivity index (χ4n) is 3.39. The third-order valence-corrected chi connectivity index (χ3v) is 4.82. The van der Waals surface area contributed by atoms with Crippen LogP contribution < -0.4 is 5.01 Å². The van der Waals surface area contributed by atoms with E-state index in [-0.39, 0.29) is 6.04 Å². The second kappa shape index (κ2) is 7.95. The lowest BCUT2D eigenvalue weighted by molar-refractivity contribution is -0.137. The Labute approximate surface area is 167 Å². The number of alkyl halides is 3. The molecule has 0 aliphatic carbocycles. The van der Waals surface area contributed by atoms with Gasteiger partial charge in [-0.2, -0.15) is 18.3 Å². The Morgan fingerprint density at radius 2 is 1.52 bits per heavy atom. The van der Waals surface area contributed by atoms with Crippen LogP contribution >= 0.6 is 0 Å². The van der Waals surface area contributed by atoms with Gasteiger partial charge in [-0.3, -0.25) is 5.01 Å². The molecule has 29 heavy (non-hydrogen) atoms. The van der Waals surface area contributed by atoms with Crippen molar-refractivity contribution in [3.63, 3.8) is 0 Å². The summed E-state index contributed by atoms with van der Waals surface area (Å²) >= 11 is 0. The van der Waals surface area contributed by atoms with E-state index in [4.69, 9.17) is 0 Å². The molecular weight excluding hydrogens is 373 g/mol. The van der Waals surface area contributed by atoms with Crippen molar-refractivity contribution in [2.75, 3.05) is 5.01 Å². The maximum Gasteiger partial charge on any atom is 0.416 e. The van der Waals surface area contributed by atoms with E-state index in [1.807, 2.05) is 72.8 Å². The van der Waals surface area contributed by atoms with Crippen molar-refractivity contribution in [3.8, 4) is 0 Å². The smallest absolute Gasteiger partial charge is 0.257 e. The van der Waals surface area contributed by atoms with Crippen molar-refractivity contribution in [1.82, 2.24) is 0 Å². The van der Waals surface area contributed by atoms with Crippen LogP contribution in [0.15, 0.2) is 96.1 Å². The van der Waals surface area contributed by atoms with Crippen molar-refractivity contribution in [2.45, 2.75) is 18.6 Å². The van der Waals surface area contributed by atoms with Crippen LogP contribution in [0.4, 0.5) is 18.9 Å². The predicted molar refractivity (Wildman–Crippen MR) is 111 cm³/mol. The molecule has 0 fully saturated rings. The van der Waals surface area contributed by atoms with Gasteiger partial charge in [-0.05, 0) is 35.4 Å². The first-order valence-electron chi connectivity index (χ1n) is 9.33. The molecule has 2 nitrogen and oxygen atoms in total. The second-order valence-electron chi connectivity index (χ2n) is 6.86. The van der Waals surface area contributed by atoms with Crippen molar-refractivity contribution < 1.29 is 13.2 Å². The molecule has 0 amide bonds. The molecule has 0 saturated carbocycles. The van der Waals surface area contributed by atoms with Crippen molar-refractivity contribution in [2.24, 2.45) is 5.10 Å². The Kier molecular flexibility index (Phi) is 5.21. The van der Waals surface area contributed by atoms with Crippen LogP contribution in [0.2, 0.25) is 0 Å². The van der Waals surface area contributed by atoms with E-state index in [2.05, 4.69) is 5.10 Å². The Balaban J connectivity index is 1.69. The van der Waals surface area contributed by atoms with Crippen LogP contribution in [0.25, 0.3) is 6.08 Å². The van der Waals surface area contributed by atoms with Gasteiger partial charge in [0.15, 0.2) is 0 Å². The van der Waals surface area contributed by atoms with Crippen LogP contribution in [0.1, 0.15) is 29.2 Å². The van der Waals surface area contributed by atoms with Gasteiger partial charge in [-0.15, -0.1) is 0 Å². The molecule has 1 aliphatic heterocycles. The van der Waals surface area contributed by atoms with Gasteiger partial charge in [0.25, 0.3) is 0 Å². The van der Waals surface area contributed by atoms with Crippen LogP contribution in [0, 0.1) is 0 Å². The van der Waals surface area contributed by atoms with E-state index < -0.39 is 11.7 Å². The molecule has 0 radical (unpaired) electrons. The number of hydrogen-bond acceptors (Lipinski definition) is 2. The topological polar surface area (TPSA) is 15.6 Å². The minimum Gasteiger partial charge on any atom is -0.257 e. The number of allylic oxidation sites excluding steroid dienone is 1. The highest BCUT2D eigenvalue weighted by atomic mass is 19.4. The maximum atomic E-state index is 13.2. The molecule has 0 unspecified atom stereocenters. The van der Waals surface area contributed by atoms with E-state index >= 15 is 0 Å². The maximum absolute atomic E-state index is 13.2. The molecule has 0 bridgehead atoms. The monoisotopic (exact) mass is 392 g/mol.